The predicted molar refractivity (Wildman–Crippen MR) is 70.8 cm³/mol. The Labute approximate surface area is 104 Å². The van der Waals surface area contributed by atoms with E-state index in [-0.39, 0.29) is 0 Å². The molecule has 1 N–H and O–H groups in total. The number of nitrogens with one attached hydrogen (secondary N) is 1. The first kappa shape index (κ1) is 13.8. The van der Waals surface area contributed by atoms with Crippen LogP contribution in [0.15, 0.2) is 18.2 Å². The van der Waals surface area contributed by atoms with E-state index in [1.165, 1.54) is 24.8 Å². The lowest BCUT2D eigenvalue weighted by Crippen LogP contribution is -2.15. The summed E-state index contributed by atoms with van der Waals surface area (Å²) in [7, 11) is 3.35. The van der Waals surface area contributed by atoms with Crippen molar-refractivity contribution in [3.63, 3.8) is 0 Å². The largest absolute Gasteiger partial charge is 0.497 e. The van der Waals surface area contributed by atoms with E-state index in [9.17, 15) is 0 Å². The second-order valence-corrected chi connectivity index (χ2v) is 4.06. The fraction of sp³-hybridized carbons (Fsp3) is 0.571. The highest BCUT2D eigenvalue weighted by Gasteiger charge is 2.04. The van der Waals surface area contributed by atoms with Gasteiger partial charge in [0.05, 0.1) is 14.2 Å². The lowest BCUT2D eigenvalue weighted by Gasteiger charge is -2.11. The van der Waals surface area contributed by atoms with Crippen LogP contribution in [0, 0.1) is 0 Å². The predicted octanol–water partition coefficient (Wildman–Crippen LogP) is 2.98. The van der Waals surface area contributed by atoms with Crippen LogP contribution < -0.4 is 14.8 Å². The van der Waals surface area contributed by atoms with Gasteiger partial charge in [-0.25, -0.2) is 0 Å². The molecular formula is C14H23NO2. The average molecular weight is 237 g/mol. The van der Waals surface area contributed by atoms with Crippen molar-refractivity contribution in [2.24, 2.45) is 0 Å². The Morgan fingerprint density at radius 2 is 1.94 bits per heavy atom. The second-order valence-electron chi connectivity index (χ2n) is 4.06. The standard InChI is InChI=1S/C14H23NO2/c1-4-5-6-9-15-11-12-7-8-13(16-2)10-14(12)17-3/h7-8,10,15H,4-6,9,11H2,1-3H3. The van der Waals surface area contributed by atoms with Gasteiger partial charge in [-0.2, -0.15) is 0 Å². The number of unbranched alkanes of at least 4 members (excludes halogenated alkanes) is 2. The Morgan fingerprint density at radius 1 is 1.12 bits per heavy atom. The Kier molecular flexibility index (Phi) is 6.48. The van der Waals surface area contributed by atoms with Gasteiger partial charge in [-0.15, -0.1) is 0 Å². The molecule has 96 valence electrons. The first-order valence-electron chi connectivity index (χ1n) is 6.23. The van der Waals surface area contributed by atoms with Crippen LogP contribution in [-0.4, -0.2) is 20.8 Å². The van der Waals surface area contributed by atoms with Crippen LogP contribution in [0.25, 0.3) is 0 Å². The van der Waals surface area contributed by atoms with Gasteiger partial charge < -0.3 is 14.8 Å². The molecule has 0 aliphatic heterocycles. The third-order valence-corrected chi connectivity index (χ3v) is 2.77. The fourth-order valence-corrected chi connectivity index (χ4v) is 1.72. The Bertz CT molecular complexity index is 326. The van der Waals surface area contributed by atoms with E-state index < -0.39 is 0 Å². The van der Waals surface area contributed by atoms with Gasteiger partial charge in [0.2, 0.25) is 0 Å². The summed E-state index contributed by atoms with van der Waals surface area (Å²) in [5.41, 5.74) is 1.17. The molecule has 0 aliphatic carbocycles. The summed E-state index contributed by atoms with van der Waals surface area (Å²) in [5, 5.41) is 3.43. The molecule has 0 spiro atoms. The molecule has 0 atom stereocenters. The zero-order valence-corrected chi connectivity index (χ0v) is 11.1. The maximum Gasteiger partial charge on any atom is 0.127 e. The van der Waals surface area contributed by atoms with E-state index in [0.29, 0.717) is 0 Å². The third-order valence-electron chi connectivity index (χ3n) is 2.77. The molecule has 0 fully saturated rings. The topological polar surface area (TPSA) is 30.5 Å². The van der Waals surface area contributed by atoms with Crippen LogP contribution >= 0.6 is 0 Å². The van der Waals surface area contributed by atoms with Gasteiger partial charge in [-0.05, 0) is 19.0 Å². The zero-order chi connectivity index (χ0) is 12.5. The summed E-state index contributed by atoms with van der Waals surface area (Å²) in [5.74, 6) is 1.71. The highest BCUT2D eigenvalue weighted by atomic mass is 16.5. The molecule has 0 radical (unpaired) electrons. The summed E-state index contributed by atoms with van der Waals surface area (Å²) in [6, 6.07) is 5.93. The molecule has 0 aliphatic rings. The molecule has 0 bridgehead atoms. The molecule has 0 saturated carbocycles. The van der Waals surface area contributed by atoms with Gasteiger partial charge >= 0.3 is 0 Å². The number of methoxy groups -OCH3 is 2. The van der Waals surface area contributed by atoms with Crippen molar-refractivity contribution in [2.75, 3.05) is 20.8 Å². The van der Waals surface area contributed by atoms with Crippen LogP contribution in [0.3, 0.4) is 0 Å². The summed E-state index contributed by atoms with van der Waals surface area (Å²) in [4.78, 5) is 0. The average Bonchev–Trinajstić information content (AvgIpc) is 2.38. The quantitative estimate of drug-likeness (QED) is 0.705. The summed E-state index contributed by atoms with van der Waals surface area (Å²) >= 11 is 0. The lowest BCUT2D eigenvalue weighted by molar-refractivity contribution is 0.389. The highest BCUT2D eigenvalue weighted by molar-refractivity contribution is 5.40. The van der Waals surface area contributed by atoms with Gasteiger partial charge in [-0.3, -0.25) is 0 Å². The van der Waals surface area contributed by atoms with Gasteiger partial charge in [0.25, 0.3) is 0 Å². The number of benzene rings is 1. The second kappa shape index (κ2) is 7.96. The van der Waals surface area contributed by atoms with Crippen molar-refractivity contribution >= 4 is 0 Å². The molecule has 17 heavy (non-hydrogen) atoms. The number of hydrogen-bond acceptors (Lipinski definition) is 3. The first-order valence-corrected chi connectivity index (χ1v) is 6.23. The van der Waals surface area contributed by atoms with Crippen LogP contribution in [-0.2, 0) is 6.54 Å². The maximum absolute atomic E-state index is 5.35. The minimum absolute atomic E-state index is 0.830. The minimum Gasteiger partial charge on any atom is -0.497 e. The van der Waals surface area contributed by atoms with E-state index in [1.807, 2.05) is 18.2 Å². The van der Waals surface area contributed by atoms with E-state index >= 15 is 0 Å². The van der Waals surface area contributed by atoms with Gasteiger partial charge in [0, 0.05) is 18.2 Å². The van der Waals surface area contributed by atoms with Crippen LogP contribution in [0.2, 0.25) is 0 Å². The van der Waals surface area contributed by atoms with Crippen molar-refractivity contribution in [1.29, 1.82) is 0 Å². The Morgan fingerprint density at radius 3 is 2.59 bits per heavy atom. The van der Waals surface area contributed by atoms with Crippen molar-refractivity contribution in [3.05, 3.63) is 23.8 Å². The molecular weight excluding hydrogens is 214 g/mol. The summed E-state index contributed by atoms with van der Waals surface area (Å²) < 4.78 is 10.5. The SMILES string of the molecule is CCCCCNCc1ccc(OC)cc1OC. The van der Waals surface area contributed by atoms with E-state index in [1.54, 1.807) is 14.2 Å². The van der Waals surface area contributed by atoms with Gasteiger partial charge in [0.1, 0.15) is 11.5 Å². The van der Waals surface area contributed by atoms with Crippen molar-refractivity contribution in [2.45, 2.75) is 32.7 Å². The van der Waals surface area contributed by atoms with Crippen LogP contribution in [0.4, 0.5) is 0 Å². The fourth-order valence-electron chi connectivity index (χ4n) is 1.72. The molecule has 0 aromatic heterocycles. The van der Waals surface area contributed by atoms with Gasteiger partial charge in [-0.1, -0.05) is 25.8 Å². The molecule has 1 rings (SSSR count). The highest BCUT2D eigenvalue weighted by Crippen LogP contribution is 2.24. The summed E-state index contributed by atoms with van der Waals surface area (Å²) in [6.45, 7) is 4.12. The normalized spacial score (nSPS) is 10.3. The summed E-state index contributed by atoms with van der Waals surface area (Å²) in [6.07, 6.45) is 3.77. The zero-order valence-electron chi connectivity index (χ0n) is 11.1. The Balaban J connectivity index is 2.46. The molecule has 1 aromatic rings. The first-order chi connectivity index (χ1) is 8.31. The Hall–Kier alpha value is -1.22. The van der Waals surface area contributed by atoms with Crippen molar-refractivity contribution < 1.29 is 9.47 Å². The molecule has 0 unspecified atom stereocenters. The van der Waals surface area contributed by atoms with Crippen LogP contribution in [0.1, 0.15) is 31.7 Å². The van der Waals surface area contributed by atoms with Crippen molar-refractivity contribution in [3.8, 4) is 11.5 Å². The third kappa shape index (κ3) is 4.65. The van der Waals surface area contributed by atoms with Crippen molar-refractivity contribution in [1.82, 2.24) is 5.32 Å². The maximum atomic E-state index is 5.35. The monoisotopic (exact) mass is 237 g/mol. The molecule has 3 heteroatoms. The van der Waals surface area contributed by atoms with E-state index in [2.05, 4.69) is 12.2 Å². The van der Waals surface area contributed by atoms with E-state index in [4.69, 9.17) is 9.47 Å². The number of hydrogen-bond donors (Lipinski definition) is 1. The molecule has 1 aromatic carbocycles. The molecule has 0 heterocycles. The molecule has 3 nitrogen and oxygen atoms in total. The van der Waals surface area contributed by atoms with E-state index in [0.717, 1.165) is 24.6 Å². The number of ether oxygens (including phenoxy) is 2. The smallest absolute Gasteiger partial charge is 0.127 e. The minimum atomic E-state index is 0.830. The van der Waals surface area contributed by atoms with Gasteiger partial charge in [0.15, 0.2) is 0 Å². The number of rotatable bonds is 8. The van der Waals surface area contributed by atoms with Crippen LogP contribution in [0.5, 0.6) is 11.5 Å². The molecule has 0 amide bonds. The molecule has 0 saturated heterocycles. The lowest BCUT2D eigenvalue weighted by atomic mass is 10.2.